The minimum atomic E-state index is -1.43. The van der Waals surface area contributed by atoms with Gasteiger partial charge in [0.05, 0.1) is 19.0 Å². The lowest BCUT2D eigenvalue weighted by atomic mass is 9.97. The predicted molar refractivity (Wildman–Crippen MR) is 133 cm³/mol. The molecule has 2 heterocycles. The largest absolute Gasteiger partial charge is 0.591 e. The zero-order valence-electron chi connectivity index (χ0n) is 20.6. The lowest BCUT2D eigenvalue weighted by Gasteiger charge is -2.23. The molecule has 1 aromatic heterocycles. The third kappa shape index (κ3) is 8.26. The smallest absolute Gasteiger partial charge is 0.323 e. The van der Waals surface area contributed by atoms with Gasteiger partial charge in [-0.1, -0.05) is 30.1 Å². The Morgan fingerprint density at radius 1 is 1.34 bits per heavy atom. The summed E-state index contributed by atoms with van der Waals surface area (Å²) in [4.78, 5) is 19.2. The minimum absolute atomic E-state index is 0.0915. The van der Waals surface area contributed by atoms with E-state index in [2.05, 4.69) is 29.0 Å². The average Bonchev–Trinajstić information content (AvgIpc) is 3.12. The standard InChI is InChI=1S/C23H39N3O4SSi/c1-8-30-22(27)20-15-18(16-26(20)17-29-13-14-32(5,6)7)21(19-11-9-10-12-24-19)25-31(28)23(2,3)4/h9-12,18,20H,8,13-17H2,1-7H3. The number of ether oxygens (including phenoxy) is 2. The molecule has 1 aromatic rings. The topological polar surface area (TPSA) is 87.1 Å². The molecule has 0 spiro atoms. The van der Waals surface area contributed by atoms with Gasteiger partial charge in [-0.3, -0.25) is 14.7 Å². The van der Waals surface area contributed by atoms with Gasteiger partial charge in [0.25, 0.3) is 0 Å². The molecule has 2 rings (SSSR count). The first-order chi connectivity index (χ1) is 14.9. The van der Waals surface area contributed by atoms with Crippen LogP contribution in [0, 0.1) is 5.92 Å². The van der Waals surface area contributed by atoms with E-state index in [1.54, 1.807) is 6.20 Å². The van der Waals surface area contributed by atoms with Gasteiger partial charge in [-0.25, -0.2) is 0 Å². The number of carbonyl (C=O) groups is 1. The Morgan fingerprint density at radius 3 is 2.62 bits per heavy atom. The highest BCUT2D eigenvalue weighted by Crippen LogP contribution is 2.29. The van der Waals surface area contributed by atoms with Gasteiger partial charge in [-0.2, -0.15) is 0 Å². The van der Waals surface area contributed by atoms with Crippen LogP contribution in [0.2, 0.25) is 25.7 Å². The number of pyridine rings is 1. The summed E-state index contributed by atoms with van der Waals surface area (Å²) in [5.74, 6) is -0.340. The molecular weight excluding hydrogens is 442 g/mol. The summed E-state index contributed by atoms with van der Waals surface area (Å²) in [6, 6.07) is 6.28. The third-order valence-corrected chi connectivity index (χ3v) is 8.35. The molecule has 1 aliphatic rings. The fourth-order valence-electron chi connectivity index (χ4n) is 3.36. The monoisotopic (exact) mass is 481 g/mol. The number of esters is 1. The maximum atomic E-state index is 12.9. The van der Waals surface area contributed by atoms with E-state index >= 15 is 0 Å². The summed E-state index contributed by atoms with van der Waals surface area (Å²) in [6.07, 6.45) is 2.24. The molecule has 0 saturated carbocycles. The van der Waals surface area contributed by atoms with Crippen molar-refractivity contribution in [3.63, 3.8) is 0 Å². The van der Waals surface area contributed by atoms with Gasteiger partial charge >= 0.3 is 5.97 Å². The molecule has 0 aromatic carbocycles. The number of carbonyl (C=O) groups excluding carboxylic acids is 1. The Bertz CT molecular complexity index is 765. The van der Waals surface area contributed by atoms with Crippen LogP contribution in [0.1, 0.15) is 39.8 Å². The van der Waals surface area contributed by atoms with E-state index in [0.717, 1.165) is 6.04 Å². The van der Waals surface area contributed by atoms with Gasteiger partial charge < -0.3 is 14.0 Å². The SMILES string of the molecule is CCOC(=O)C1CC(C(=N[S+]([O-])C(C)(C)C)c2ccccn2)CN1COCC[Si](C)(C)C. The van der Waals surface area contributed by atoms with Gasteiger partial charge in [0, 0.05) is 33.3 Å². The van der Waals surface area contributed by atoms with Crippen molar-refractivity contribution in [2.24, 2.45) is 10.3 Å². The van der Waals surface area contributed by atoms with Crippen molar-refractivity contribution in [2.75, 3.05) is 26.5 Å². The highest BCUT2D eigenvalue weighted by Gasteiger charge is 2.42. The number of hydrogen-bond donors (Lipinski definition) is 0. The molecule has 9 heteroatoms. The Hall–Kier alpha value is -1.26. The molecule has 1 aliphatic heterocycles. The van der Waals surface area contributed by atoms with Crippen LogP contribution in [0.3, 0.4) is 0 Å². The molecular formula is C23H39N3O4SSi. The van der Waals surface area contributed by atoms with Crippen molar-refractivity contribution < 1.29 is 18.8 Å². The van der Waals surface area contributed by atoms with Crippen LogP contribution in [0.5, 0.6) is 0 Å². The number of aromatic nitrogens is 1. The molecule has 3 atom stereocenters. The third-order valence-electron chi connectivity index (χ3n) is 5.23. The summed E-state index contributed by atoms with van der Waals surface area (Å²) in [5, 5.41) is 0. The zero-order chi connectivity index (χ0) is 23.9. The van der Waals surface area contributed by atoms with Crippen LogP contribution in [-0.4, -0.2) is 71.5 Å². The summed E-state index contributed by atoms with van der Waals surface area (Å²) in [7, 11) is -1.19. The molecule has 1 saturated heterocycles. The lowest BCUT2D eigenvalue weighted by molar-refractivity contribution is -0.150. The second-order valence-electron chi connectivity index (χ2n) is 10.4. The quantitative estimate of drug-likeness (QED) is 0.166. The summed E-state index contributed by atoms with van der Waals surface area (Å²) in [5.41, 5.74) is 1.37. The lowest BCUT2D eigenvalue weighted by Crippen LogP contribution is -2.39. The van der Waals surface area contributed by atoms with Crippen LogP contribution in [-0.2, 0) is 25.6 Å². The molecule has 0 radical (unpaired) electrons. The van der Waals surface area contributed by atoms with Crippen LogP contribution < -0.4 is 0 Å². The van der Waals surface area contributed by atoms with E-state index in [0.29, 0.717) is 44.3 Å². The van der Waals surface area contributed by atoms with Gasteiger partial charge in [0.2, 0.25) is 0 Å². The second kappa shape index (κ2) is 11.7. The van der Waals surface area contributed by atoms with Crippen molar-refractivity contribution >= 4 is 31.1 Å². The van der Waals surface area contributed by atoms with Crippen LogP contribution >= 0.6 is 0 Å². The molecule has 32 heavy (non-hydrogen) atoms. The molecule has 0 bridgehead atoms. The zero-order valence-corrected chi connectivity index (χ0v) is 22.4. The minimum Gasteiger partial charge on any atom is -0.591 e. The predicted octanol–water partition coefficient (Wildman–Crippen LogP) is 3.90. The average molecular weight is 482 g/mol. The molecule has 3 unspecified atom stereocenters. The number of nitrogens with zero attached hydrogens (tertiary/aromatic N) is 3. The van der Waals surface area contributed by atoms with Crippen molar-refractivity contribution in [1.29, 1.82) is 0 Å². The number of rotatable bonds is 10. The van der Waals surface area contributed by atoms with Crippen LogP contribution in [0.4, 0.5) is 0 Å². The van der Waals surface area contributed by atoms with E-state index in [-0.39, 0.29) is 11.9 Å². The fraction of sp³-hybridized carbons (Fsp3) is 0.696. The van der Waals surface area contributed by atoms with Gasteiger partial charge in [0.1, 0.15) is 27.9 Å². The highest BCUT2D eigenvalue weighted by atomic mass is 32.2. The van der Waals surface area contributed by atoms with Crippen molar-refractivity contribution in [2.45, 2.75) is 70.6 Å². The highest BCUT2D eigenvalue weighted by molar-refractivity contribution is 7.91. The molecule has 7 nitrogen and oxygen atoms in total. The normalized spacial score (nSPS) is 21.6. The Labute approximate surface area is 197 Å². The van der Waals surface area contributed by atoms with Gasteiger partial charge in [-0.15, -0.1) is 0 Å². The van der Waals surface area contributed by atoms with Crippen LogP contribution in [0.15, 0.2) is 28.8 Å². The molecule has 180 valence electrons. The van der Waals surface area contributed by atoms with Crippen molar-refractivity contribution in [3.05, 3.63) is 30.1 Å². The van der Waals surface area contributed by atoms with E-state index in [9.17, 15) is 9.35 Å². The van der Waals surface area contributed by atoms with E-state index in [1.807, 2.05) is 50.8 Å². The van der Waals surface area contributed by atoms with Crippen molar-refractivity contribution in [3.8, 4) is 0 Å². The number of likely N-dealkylation sites (tertiary alicyclic amines) is 1. The first-order valence-electron chi connectivity index (χ1n) is 11.3. The van der Waals surface area contributed by atoms with Gasteiger partial charge in [0.15, 0.2) is 0 Å². The first-order valence-corrected chi connectivity index (χ1v) is 16.1. The molecule has 0 aliphatic carbocycles. The van der Waals surface area contributed by atoms with Crippen LogP contribution in [0.25, 0.3) is 0 Å². The first kappa shape index (κ1) is 27.0. The summed E-state index contributed by atoms with van der Waals surface area (Å²) >= 11 is -1.43. The Balaban J connectivity index is 2.25. The Kier molecular flexibility index (Phi) is 9.90. The molecule has 1 fully saturated rings. The Morgan fingerprint density at radius 2 is 2.06 bits per heavy atom. The second-order valence-corrected chi connectivity index (χ2v) is 17.9. The maximum absolute atomic E-state index is 12.9. The fourth-order valence-corrected chi connectivity index (χ4v) is 4.81. The number of hydrogen-bond acceptors (Lipinski definition) is 7. The van der Waals surface area contributed by atoms with E-state index < -0.39 is 30.2 Å². The molecule has 0 amide bonds. The van der Waals surface area contributed by atoms with Gasteiger partial charge in [-0.05, 0) is 52.3 Å². The van der Waals surface area contributed by atoms with Crippen molar-refractivity contribution in [1.82, 2.24) is 9.88 Å². The molecule has 0 N–H and O–H groups in total. The van der Waals surface area contributed by atoms with E-state index in [1.165, 1.54) is 0 Å². The van der Waals surface area contributed by atoms with E-state index in [4.69, 9.17) is 9.47 Å². The maximum Gasteiger partial charge on any atom is 0.323 e. The summed E-state index contributed by atoms with van der Waals surface area (Å²) in [6.45, 7) is 16.4. The summed E-state index contributed by atoms with van der Waals surface area (Å²) < 4.78 is 28.3.